The van der Waals surface area contributed by atoms with Crippen LogP contribution in [0.5, 0.6) is 11.5 Å². The highest BCUT2D eigenvalue weighted by Crippen LogP contribution is 2.25. The lowest BCUT2D eigenvalue weighted by atomic mass is 10.2. The molecule has 2 rings (SSSR count). The molecule has 0 aliphatic carbocycles. The fourth-order valence-electron chi connectivity index (χ4n) is 1.54. The van der Waals surface area contributed by atoms with Crippen LogP contribution in [0.2, 0.25) is 0 Å². The normalized spacial score (nSPS) is 9.30. The number of methoxy groups -OCH3 is 1. The van der Waals surface area contributed by atoms with Crippen molar-refractivity contribution in [2.75, 3.05) is 13.7 Å². The van der Waals surface area contributed by atoms with E-state index in [2.05, 4.69) is 0 Å². The summed E-state index contributed by atoms with van der Waals surface area (Å²) in [4.78, 5) is 10.2. The Hall–Kier alpha value is -2.33. The predicted molar refractivity (Wildman–Crippen MR) is 77.3 cm³/mol. The Morgan fingerprint density at radius 3 is 2.40 bits per heavy atom. The maximum Gasteiger partial charge on any atom is 0.161 e. The van der Waals surface area contributed by atoms with Crippen LogP contribution < -0.4 is 4.74 Å². The highest BCUT2D eigenvalue weighted by molar-refractivity contribution is 5.76. The molecule has 0 fully saturated rings. The molecular weight excluding hydrogens is 256 g/mol. The van der Waals surface area contributed by atoms with Crippen molar-refractivity contribution in [1.82, 2.24) is 0 Å². The number of phenolic OH excluding ortho intramolecular Hbond substituents is 1. The Bertz CT molecular complexity index is 523. The Kier molecular flexibility index (Phi) is 6.85. The number of aliphatic hydroxyl groups excluding tert-OH is 1. The van der Waals surface area contributed by atoms with Crippen LogP contribution in [-0.2, 0) is 6.42 Å². The van der Waals surface area contributed by atoms with Crippen molar-refractivity contribution < 1.29 is 19.7 Å². The van der Waals surface area contributed by atoms with Crippen LogP contribution in [0.3, 0.4) is 0 Å². The van der Waals surface area contributed by atoms with Crippen molar-refractivity contribution >= 4 is 6.29 Å². The molecule has 0 heterocycles. The van der Waals surface area contributed by atoms with E-state index in [4.69, 9.17) is 14.9 Å². The van der Waals surface area contributed by atoms with E-state index in [-0.39, 0.29) is 12.4 Å². The molecular formula is C16H18O4. The van der Waals surface area contributed by atoms with Crippen LogP contribution in [-0.4, -0.2) is 30.2 Å². The molecule has 0 atom stereocenters. The first kappa shape index (κ1) is 15.7. The van der Waals surface area contributed by atoms with Crippen molar-refractivity contribution in [3.05, 3.63) is 59.7 Å². The minimum absolute atomic E-state index is 0.0399. The number of ether oxygens (including phenoxy) is 1. The molecule has 0 amide bonds. The summed E-state index contributed by atoms with van der Waals surface area (Å²) in [5.74, 6) is 0.354. The molecule has 0 radical (unpaired) electrons. The lowest BCUT2D eigenvalue weighted by Crippen LogP contribution is -1.88. The number of aliphatic hydroxyl groups is 1. The molecule has 2 aromatic carbocycles. The molecule has 2 aromatic rings. The summed E-state index contributed by atoms with van der Waals surface area (Å²) in [5.41, 5.74) is 1.68. The zero-order valence-electron chi connectivity index (χ0n) is 11.3. The SMILES string of the molecule is COc1cc(C=O)ccc1O.OCCc1ccccc1. The first-order chi connectivity index (χ1) is 9.71. The molecule has 0 aliphatic rings. The van der Waals surface area contributed by atoms with Gasteiger partial charge in [-0.05, 0) is 30.2 Å². The quantitative estimate of drug-likeness (QED) is 0.840. The fraction of sp³-hybridized carbons (Fsp3) is 0.188. The molecule has 4 heteroatoms. The molecule has 0 saturated carbocycles. The summed E-state index contributed by atoms with van der Waals surface area (Å²) >= 11 is 0. The number of hydrogen-bond acceptors (Lipinski definition) is 4. The van der Waals surface area contributed by atoms with Gasteiger partial charge in [0.05, 0.1) is 7.11 Å². The predicted octanol–water partition coefficient (Wildman–Crippen LogP) is 2.43. The monoisotopic (exact) mass is 274 g/mol. The van der Waals surface area contributed by atoms with Gasteiger partial charge in [0.15, 0.2) is 11.5 Å². The Morgan fingerprint density at radius 1 is 1.15 bits per heavy atom. The van der Waals surface area contributed by atoms with Gasteiger partial charge in [-0.25, -0.2) is 0 Å². The molecule has 0 aliphatic heterocycles. The number of aldehydes is 1. The van der Waals surface area contributed by atoms with E-state index >= 15 is 0 Å². The van der Waals surface area contributed by atoms with E-state index in [0.717, 1.165) is 6.42 Å². The van der Waals surface area contributed by atoms with Crippen LogP contribution in [0, 0.1) is 0 Å². The van der Waals surface area contributed by atoms with Crippen LogP contribution >= 0.6 is 0 Å². The Labute approximate surface area is 118 Å². The van der Waals surface area contributed by atoms with Crippen molar-refractivity contribution in [2.24, 2.45) is 0 Å². The summed E-state index contributed by atoms with van der Waals surface area (Å²) in [6, 6.07) is 14.4. The lowest BCUT2D eigenvalue weighted by Gasteiger charge is -2.01. The maximum absolute atomic E-state index is 10.2. The van der Waals surface area contributed by atoms with E-state index in [9.17, 15) is 4.79 Å². The van der Waals surface area contributed by atoms with E-state index < -0.39 is 0 Å². The van der Waals surface area contributed by atoms with Crippen LogP contribution in [0.4, 0.5) is 0 Å². The third kappa shape index (κ3) is 5.12. The first-order valence-corrected chi connectivity index (χ1v) is 6.18. The van der Waals surface area contributed by atoms with Gasteiger partial charge in [0.25, 0.3) is 0 Å². The third-order valence-corrected chi connectivity index (χ3v) is 2.58. The number of phenols is 1. The van der Waals surface area contributed by atoms with Gasteiger partial charge in [0.2, 0.25) is 0 Å². The standard InChI is InChI=1S/C8H8O3.C8H10O/c1-11-8-4-6(5-9)2-3-7(8)10;9-7-6-8-4-2-1-3-5-8/h2-5,10H,1H3;1-5,9H,6-7H2. The molecule has 20 heavy (non-hydrogen) atoms. The highest BCUT2D eigenvalue weighted by Gasteiger charge is 2.00. The van der Waals surface area contributed by atoms with Crippen molar-refractivity contribution in [3.63, 3.8) is 0 Å². The number of hydrogen-bond donors (Lipinski definition) is 2. The van der Waals surface area contributed by atoms with Gasteiger partial charge < -0.3 is 14.9 Å². The zero-order valence-corrected chi connectivity index (χ0v) is 11.3. The molecule has 106 valence electrons. The van der Waals surface area contributed by atoms with E-state index in [0.29, 0.717) is 17.6 Å². The minimum atomic E-state index is 0.0399. The molecule has 4 nitrogen and oxygen atoms in total. The topological polar surface area (TPSA) is 66.8 Å². The first-order valence-electron chi connectivity index (χ1n) is 6.18. The number of aromatic hydroxyl groups is 1. The number of carbonyl (C=O) groups excluding carboxylic acids is 1. The molecule has 2 N–H and O–H groups in total. The second-order valence-electron chi connectivity index (χ2n) is 4.01. The minimum Gasteiger partial charge on any atom is -0.504 e. The number of benzene rings is 2. The summed E-state index contributed by atoms with van der Waals surface area (Å²) < 4.78 is 4.78. The van der Waals surface area contributed by atoms with Gasteiger partial charge >= 0.3 is 0 Å². The second kappa shape index (κ2) is 8.72. The summed E-state index contributed by atoms with van der Waals surface area (Å²) in [7, 11) is 1.43. The average Bonchev–Trinajstić information content (AvgIpc) is 2.50. The molecule has 0 bridgehead atoms. The van der Waals surface area contributed by atoms with Crippen LogP contribution in [0.1, 0.15) is 15.9 Å². The smallest absolute Gasteiger partial charge is 0.161 e. The van der Waals surface area contributed by atoms with Crippen LogP contribution in [0.15, 0.2) is 48.5 Å². The number of carbonyl (C=O) groups is 1. The van der Waals surface area contributed by atoms with Gasteiger partial charge in [-0.15, -0.1) is 0 Å². The fourth-order valence-corrected chi connectivity index (χ4v) is 1.54. The summed E-state index contributed by atoms with van der Waals surface area (Å²) in [6.45, 7) is 0.240. The van der Waals surface area contributed by atoms with Gasteiger partial charge in [-0.2, -0.15) is 0 Å². The molecule has 0 saturated heterocycles. The molecule has 0 unspecified atom stereocenters. The zero-order chi connectivity index (χ0) is 14.8. The average molecular weight is 274 g/mol. The maximum atomic E-state index is 10.2. The van der Waals surface area contributed by atoms with Crippen molar-refractivity contribution in [1.29, 1.82) is 0 Å². The molecule has 0 aromatic heterocycles. The lowest BCUT2D eigenvalue weighted by molar-refractivity contribution is 0.112. The van der Waals surface area contributed by atoms with Crippen molar-refractivity contribution in [2.45, 2.75) is 6.42 Å². The van der Waals surface area contributed by atoms with Crippen LogP contribution in [0.25, 0.3) is 0 Å². The summed E-state index contributed by atoms with van der Waals surface area (Å²) in [5, 5.41) is 17.6. The van der Waals surface area contributed by atoms with Gasteiger partial charge in [-0.3, -0.25) is 4.79 Å². The molecule has 0 spiro atoms. The Balaban J connectivity index is 0.000000204. The largest absolute Gasteiger partial charge is 0.504 e. The second-order valence-corrected chi connectivity index (χ2v) is 4.01. The highest BCUT2D eigenvalue weighted by atomic mass is 16.5. The third-order valence-electron chi connectivity index (χ3n) is 2.58. The van der Waals surface area contributed by atoms with Crippen molar-refractivity contribution in [3.8, 4) is 11.5 Å². The van der Waals surface area contributed by atoms with Gasteiger partial charge in [-0.1, -0.05) is 30.3 Å². The Morgan fingerprint density at radius 2 is 1.85 bits per heavy atom. The van der Waals surface area contributed by atoms with E-state index in [1.165, 1.54) is 30.9 Å². The van der Waals surface area contributed by atoms with Gasteiger partial charge in [0, 0.05) is 12.2 Å². The number of rotatable bonds is 4. The van der Waals surface area contributed by atoms with E-state index in [1.54, 1.807) is 0 Å². The summed E-state index contributed by atoms with van der Waals surface area (Å²) in [6.07, 6.45) is 1.46. The van der Waals surface area contributed by atoms with E-state index in [1.807, 2.05) is 30.3 Å². The van der Waals surface area contributed by atoms with Gasteiger partial charge in [0.1, 0.15) is 6.29 Å².